The second-order valence-corrected chi connectivity index (χ2v) is 7.05. The zero-order chi connectivity index (χ0) is 15.0. The van der Waals surface area contributed by atoms with Crippen molar-refractivity contribution in [1.82, 2.24) is 0 Å². The molecule has 1 aromatic rings. The van der Waals surface area contributed by atoms with Crippen molar-refractivity contribution in [2.75, 3.05) is 6.61 Å². The van der Waals surface area contributed by atoms with Gasteiger partial charge in [-0.15, -0.1) is 0 Å². The summed E-state index contributed by atoms with van der Waals surface area (Å²) in [6, 6.07) is 6.53. The lowest BCUT2D eigenvalue weighted by Crippen LogP contribution is -2.27. The molecule has 0 saturated carbocycles. The summed E-state index contributed by atoms with van der Waals surface area (Å²) < 4.78 is 40.3. The minimum Gasteiger partial charge on any atom is -0.345 e. The van der Waals surface area contributed by atoms with E-state index in [-0.39, 0.29) is 17.6 Å². The predicted octanol–water partition coefficient (Wildman–Crippen LogP) is 2.24. The SMILES string of the molecule is Cc1ccc(S(=O)(=O)OC[C@@H]2OC(C)(C)O[C@H]2C)cc1. The highest BCUT2D eigenvalue weighted by Gasteiger charge is 2.39. The molecule has 0 unspecified atom stereocenters. The Kier molecular flexibility index (Phi) is 4.20. The van der Waals surface area contributed by atoms with Gasteiger partial charge in [0.05, 0.1) is 17.6 Å². The van der Waals surface area contributed by atoms with Crippen molar-refractivity contribution in [3.8, 4) is 0 Å². The first-order valence-corrected chi connectivity index (χ1v) is 7.92. The van der Waals surface area contributed by atoms with Crippen molar-refractivity contribution in [3.63, 3.8) is 0 Å². The molecule has 20 heavy (non-hydrogen) atoms. The third-order valence-electron chi connectivity index (χ3n) is 3.13. The maximum Gasteiger partial charge on any atom is 0.297 e. The van der Waals surface area contributed by atoms with Crippen LogP contribution in [0, 0.1) is 6.92 Å². The zero-order valence-electron chi connectivity index (χ0n) is 12.1. The van der Waals surface area contributed by atoms with E-state index in [4.69, 9.17) is 13.7 Å². The molecule has 1 aliphatic rings. The molecule has 1 saturated heterocycles. The van der Waals surface area contributed by atoms with Crippen molar-refractivity contribution >= 4 is 10.1 Å². The van der Waals surface area contributed by atoms with Crippen LogP contribution in [-0.2, 0) is 23.8 Å². The van der Waals surface area contributed by atoms with Crippen LogP contribution in [-0.4, -0.2) is 33.0 Å². The lowest BCUT2D eigenvalue weighted by Gasteiger charge is -2.16. The van der Waals surface area contributed by atoms with Crippen LogP contribution in [0.3, 0.4) is 0 Å². The Balaban J connectivity index is 2.01. The Morgan fingerprint density at radius 1 is 1.20 bits per heavy atom. The van der Waals surface area contributed by atoms with Crippen molar-refractivity contribution in [3.05, 3.63) is 29.8 Å². The standard InChI is InChI=1S/C14H20O5S/c1-10-5-7-12(8-6-10)20(15,16)17-9-13-11(2)18-14(3,4)19-13/h5-8,11,13H,9H2,1-4H3/t11-,13-/m0/s1. The van der Waals surface area contributed by atoms with Gasteiger partial charge in [-0.05, 0) is 39.8 Å². The van der Waals surface area contributed by atoms with E-state index >= 15 is 0 Å². The van der Waals surface area contributed by atoms with Gasteiger partial charge in [0.15, 0.2) is 5.79 Å². The smallest absolute Gasteiger partial charge is 0.297 e. The third kappa shape index (κ3) is 3.58. The molecular formula is C14H20O5S. The number of rotatable bonds is 4. The van der Waals surface area contributed by atoms with Gasteiger partial charge in [0.2, 0.25) is 0 Å². The second kappa shape index (κ2) is 5.44. The molecule has 0 spiro atoms. The molecule has 0 amide bonds. The molecule has 0 N–H and O–H groups in total. The number of aryl methyl sites for hydroxylation is 1. The number of benzene rings is 1. The first kappa shape index (κ1) is 15.4. The Morgan fingerprint density at radius 3 is 2.30 bits per heavy atom. The first-order valence-electron chi connectivity index (χ1n) is 6.51. The highest BCUT2D eigenvalue weighted by molar-refractivity contribution is 7.86. The summed E-state index contributed by atoms with van der Waals surface area (Å²) in [5, 5.41) is 0. The van der Waals surface area contributed by atoms with E-state index in [1.54, 1.807) is 26.0 Å². The molecule has 6 heteroatoms. The van der Waals surface area contributed by atoms with Crippen LogP contribution in [0.1, 0.15) is 26.3 Å². The number of hydrogen-bond acceptors (Lipinski definition) is 5. The van der Waals surface area contributed by atoms with Gasteiger partial charge in [0.25, 0.3) is 10.1 Å². The Labute approximate surface area is 120 Å². The zero-order valence-corrected chi connectivity index (χ0v) is 12.9. The van der Waals surface area contributed by atoms with Gasteiger partial charge in [-0.2, -0.15) is 8.42 Å². The minimum atomic E-state index is -3.76. The second-order valence-electron chi connectivity index (χ2n) is 5.43. The lowest BCUT2D eigenvalue weighted by molar-refractivity contribution is -0.147. The number of hydrogen-bond donors (Lipinski definition) is 0. The van der Waals surface area contributed by atoms with Crippen LogP contribution >= 0.6 is 0 Å². The molecule has 5 nitrogen and oxygen atoms in total. The topological polar surface area (TPSA) is 61.8 Å². The summed E-state index contributed by atoms with van der Waals surface area (Å²) in [5.41, 5.74) is 0.992. The quantitative estimate of drug-likeness (QED) is 0.798. The van der Waals surface area contributed by atoms with Crippen molar-refractivity contribution in [2.45, 2.75) is 50.6 Å². The molecule has 112 valence electrons. The average Bonchev–Trinajstić information content (AvgIpc) is 2.60. The van der Waals surface area contributed by atoms with E-state index in [1.165, 1.54) is 12.1 Å². The molecule has 2 atom stereocenters. The predicted molar refractivity (Wildman–Crippen MR) is 73.8 cm³/mol. The van der Waals surface area contributed by atoms with E-state index in [2.05, 4.69) is 0 Å². The molecule has 2 rings (SSSR count). The van der Waals surface area contributed by atoms with E-state index in [9.17, 15) is 8.42 Å². The maximum absolute atomic E-state index is 12.0. The largest absolute Gasteiger partial charge is 0.345 e. The number of ether oxygens (including phenoxy) is 2. The molecule has 1 aliphatic heterocycles. The molecule has 1 heterocycles. The van der Waals surface area contributed by atoms with Crippen molar-refractivity contribution in [2.24, 2.45) is 0 Å². The van der Waals surface area contributed by atoms with Crippen molar-refractivity contribution in [1.29, 1.82) is 0 Å². The normalized spacial score (nSPS) is 25.8. The summed E-state index contributed by atoms with van der Waals surface area (Å²) in [7, 11) is -3.76. The monoisotopic (exact) mass is 300 g/mol. The summed E-state index contributed by atoms with van der Waals surface area (Å²) in [6.07, 6.45) is -0.608. The van der Waals surface area contributed by atoms with E-state index in [0.29, 0.717) is 0 Å². The van der Waals surface area contributed by atoms with Gasteiger partial charge >= 0.3 is 0 Å². The molecule has 0 aromatic heterocycles. The van der Waals surface area contributed by atoms with Crippen molar-refractivity contribution < 1.29 is 22.1 Å². The van der Waals surface area contributed by atoms with Gasteiger partial charge in [-0.3, -0.25) is 4.18 Å². The van der Waals surface area contributed by atoms with Crippen LogP contribution in [0.25, 0.3) is 0 Å². The summed E-state index contributed by atoms with van der Waals surface area (Å²) in [4.78, 5) is 0.147. The van der Waals surface area contributed by atoms with Crippen LogP contribution < -0.4 is 0 Å². The fourth-order valence-corrected chi connectivity index (χ4v) is 3.03. The Morgan fingerprint density at radius 2 is 1.80 bits per heavy atom. The van der Waals surface area contributed by atoms with Gasteiger partial charge in [0, 0.05) is 0 Å². The summed E-state index contributed by atoms with van der Waals surface area (Å²) in [6.45, 7) is 7.25. The van der Waals surface area contributed by atoms with Gasteiger partial charge in [0.1, 0.15) is 6.10 Å². The van der Waals surface area contributed by atoms with Gasteiger partial charge in [-0.25, -0.2) is 0 Å². The molecule has 1 fully saturated rings. The van der Waals surface area contributed by atoms with Crippen LogP contribution in [0.15, 0.2) is 29.2 Å². The van der Waals surface area contributed by atoms with Gasteiger partial charge in [-0.1, -0.05) is 17.7 Å². The molecule has 0 aliphatic carbocycles. The summed E-state index contributed by atoms with van der Waals surface area (Å²) in [5.74, 6) is -0.707. The fourth-order valence-electron chi connectivity index (χ4n) is 2.11. The van der Waals surface area contributed by atoms with E-state index in [0.717, 1.165) is 5.56 Å². The maximum atomic E-state index is 12.0. The molecule has 1 aromatic carbocycles. The summed E-state index contributed by atoms with van der Waals surface area (Å²) >= 11 is 0. The third-order valence-corrected chi connectivity index (χ3v) is 4.42. The molecular weight excluding hydrogens is 280 g/mol. The van der Waals surface area contributed by atoms with Crippen LogP contribution in [0.2, 0.25) is 0 Å². The van der Waals surface area contributed by atoms with E-state index < -0.39 is 22.0 Å². The fraction of sp³-hybridized carbons (Fsp3) is 0.571. The highest BCUT2D eigenvalue weighted by Crippen LogP contribution is 2.28. The Hall–Kier alpha value is -0.950. The highest BCUT2D eigenvalue weighted by atomic mass is 32.2. The van der Waals surface area contributed by atoms with Gasteiger partial charge < -0.3 is 9.47 Å². The lowest BCUT2D eigenvalue weighted by atomic mass is 10.2. The molecule has 0 radical (unpaired) electrons. The van der Waals surface area contributed by atoms with Crippen LogP contribution in [0.4, 0.5) is 0 Å². The van der Waals surface area contributed by atoms with E-state index in [1.807, 2.05) is 13.8 Å². The van der Waals surface area contributed by atoms with Crippen LogP contribution in [0.5, 0.6) is 0 Å². The molecule has 0 bridgehead atoms. The minimum absolute atomic E-state index is 0.0548. The first-order chi connectivity index (χ1) is 9.20. The average molecular weight is 300 g/mol. The Bertz CT molecular complexity index is 562.